The average Bonchev–Trinajstić information content (AvgIpc) is 2.62. The molecule has 1 atom stereocenters. The van der Waals surface area contributed by atoms with Gasteiger partial charge in [0.25, 0.3) is 5.91 Å². The van der Waals surface area contributed by atoms with Gasteiger partial charge < -0.3 is 15.0 Å². The van der Waals surface area contributed by atoms with Crippen molar-refractivity contribution in [2.24, 2.45) is 0 Å². The fraction of sp³-hybridized carbons (Fsp3) is 0.312. The number of rotatable bonds is 3. The molecule has 0 spiro atoms. The Morgan fingerprint density at radius 1 is 1.30 bits per heavy atom. The van der Waals surface area contributed by atoms with Crippen molar-refractivity contribution >= 4 is 11.7 Å². The molecule has 1 fully saturated rings. The Bertz CT molecular complexity index is 693. The Kier molecular flexibility index (Phi) is 4.47. The van der Waals surface area contributed by atoms with Gasteiger partial charge in [-0.3, -0.25) is 4.79 Å². The molecule has 0 aliphatic carbocycles. The summed E-state index contributed by atoms with van der Waals surface area (Å²) in [6, 6.07) is 9.95. The van der Waals surface area contributed by atoms with E-state index in [-0.39, 0.29) is 23.5 Å². The van der Waals surface area contributed by atoms with Gasteiger partial charge in [-0.25, -0.2) is 4.39 Å². The lowest BCUT2D eigenvalue weighted by Crippen LogP contribution is -2.39. The van der Waals surface area contributed by atoms with Crippen molar-refractivity contribution in [3.05, 3.63) is 53.5 Å². The number of carbonyl (C=O) groups excluding carboxylic acids is 1. The minimum Gasteiger partial charge on any atom is -0.370 e. The predicted octanol–water partition coefficient (Wildman–Crippen LogP) is 1.55. The van der Waals surface area contributed by atoms with Gasteiger partial charge in [0.2, 0.25) is 0 Å². The Balaban J connectivity index is 1.76. The van der Waals surface area contributed by atoms with Crippen molar-refractivity contribution in [2.45, 2.75) is 6.10 Å². The van der Waals surface area contributed by atoms with Gasteiger partial charge in [0.05, 0.1) is 13.2 Å². The van der Waals surface area contributed by atoms with E-state index < -0.39 is 0 Å². The standard InChI is InChI=1S/C16H17FN4O2/c1-18-16(22)13-6-7-15(20-19-13)21-8-9-23-14(10-21)11-4-2-3-5-12(11)17/h2-7,14H,8-10H2,1H3,(H,18,22). The molecule has 0 saturated carbocycles. The highest BCUT2D eigenvalue weighted by molar-refractivity contribution is 5.91. The number of morpholine rings is 1. The summed E-state index contributed by atoms with van der Waals surface area (Å²) in [6.07, 6.45) is -0.356. The zero-order valence-corrected chi connectivity index (χ0v) is 12.7. The van der Waals surface area contributed by atoms with Crippen LogP contribution in [0, 0.1) is 5.82 Å². The molecule has 0 radical (unpaired) electrons. The smallest absolute Gasteiger partial charge is 0.271 e. The Labute approximate surface area is 133 Å². The summed E-state index contributed by atoms with van der Waals surface area (Å²) in [5, 5.41) is 10.5. The molecule has 2 aromatic rings. The minimum absolute atomic E-state index is 0.259. The molecule has 1 N–H and O–H groups in total. The van der Waals surface area contributed by atoms with Crippen LogP contribution in [0.1, 0.15) is 22.2 Å². The Hall–Kier alpha value is -2.54. The average molecular weight is 316 g/mol. The van der Waals surface area contributed by atoms with E-state index in [1.54, 1.807) is 37.4 Å². The summed E-state index contributed by atoms with van der Waals surface area (Å²) in [4.78, 5) is 13.5. The number of hydrogen-bond acceptors (Lipinski definition) is 5. The molecule has 1 amide bonds. The van der Waals surface area contributed by atoms with Crippen LogP contribution in [-0.2, 0) is 4.74 Å². The van der Waals surface area contributed by atoms with E-state index in [1.165, 1.54) is 6.07 Å². The number of halogens is 1. The van der Waals surface area contributed by atoms with Crippen LogP contribution in [0.15, 0.2) is 36.4 Å². The fourth-order valence-electron chi connectivity index (χ4n) is 2.52. The van der Waals surface area contributed by atoms with Crippen LogP contribution in [0.4, 0.5) is 10.2 Å². The maximum atomic E-state index is 13.9. The third-order valence-corrected chi connectivity index (χ3v) is 3.75. The predicted molar refractivity (Wildman–Crippen MR) is 82.7 cm³/mol. The number of aromatic nitrogens is 2. The van der Waals surface area contributed by atoms with E-state index in [0.29, 0.717) is 31.1 Å². The topological polar surface area (TPSA) is 67.4 Å². The second kappa shape index (κ2) is 6.70. The van der Waals surface area contributed by atoms with Gasteiger partial charge in [-0.1, -0.05) is 18.2 Å². The van der Waals surface area contributed by atoms with Gasteiger partial charge in [0.15, 0.2) is 11.5 Å². The van der Waals surface area contributed by atoms with E-state index in [1.807, 2.05) is 4.90 Å². The second-order valence-electron chi connectivity index (χ2n) is 5.18. The van der Waals surface area contributed by atoms with Crippen molar-refractivity contribution in [3.8, 4) is 0 Å². The molecule has 23 heavy (non-hydrogen) atoms. The lowest BCUT2D eigenvalue weighted by molar-refractivity contribution is 0.0372. The third kappa shape index (κ3) is 3.29. The molecule has 120 valence electrons. The fourth-order valence-corrected chi connectivity index (χ4v) is 2.52. The van der Waals surface area contributed by atoms with Crippen molar-refractivity contribution in [3.63, 3.8) is 0 Å². The molecule has 1 aromatic heterocycles. The molecule has 2 heterocycles. The maximum absolute atomic E-state index is 13.9. The molecular weight excluding hydrogens is 299 g/mol. The number of anilines is 1. The van der Waals surface area contributed by atoms with Crippen LogP contribution in [-0.4, -0.2) is 42.8 Å². The van der Waals surface area contributed by atoms with E-state index >= 15 is 0 Å². The van der Waals surface area contributed by atoms with Gasteiger partial charge >= 0.3 is 0 Å². The van der Waals surface area contributed by atoms with Gasteiger partial charge in [-0.05, 0) is 18.2 Å². The maximum Gasteiger partial charge on any atom is 0.271 e. The van der Waals surface area contributed by atoms with E-state index in [4.69, 9.17) is 4.74 Å². The van der Waals surface area contributed by atoms with Crippen LogP contribution in [0.3, 0.4) is 0 Å². The number of nitrogens with one attached hydrogen (secondary N) is 1. The first-order valence-corrected chi connectivity index (χ1v) is 7.36. The van der Waals surface area contributed by atoms with Gasteiger partial charge in [0.1, 0.15) is 11.9 Å². The highest BCUT2D eigenvalue weighted by Crippen LogP contribution is 2.26. The van der Waals surface area contributed by atoms with Crippen LogP contribution >= 0.6 is 0 Å². The summed E-state index contributed by atoms with van der Waals surface area (Å²) >= 11 is 0. The SMILES string of the molecule is CNC(=O)c1ccc(N2CCOC(c3ccccc3F)C2)nn1. The molecule has 7 heteroatoms. The molecule has 1 saturated heterocycles. The number of benzene rings is 1. The van der Waals surface area contributed by atoms with Gasteiger partial charge in [0, 0.05) is 19.2 Å². The summed E-state index contributed by atoms with van der Waals surface area (Å²) in [5.41, 5.74) is 0.794. The number of amides is 1. The Morgan fingerprint density at radius 3 is 2.83 bits per heavy atom. The largest absolute Gasteiger partial charge is 0.370 e. The normalized spacial score (nSPS) is 17.8. The zero-order chi connectivity index (χ0) is 16.2. The summed E-state index contributed by atoms with van der Waals surface area (Å²) in [6.45, 7) is 1.59. The number of hydrogen-bond donors (Lipinski definition) is 1. The second-order valence-corrected chi connectivity index (χ2v) is 5.18. The van der Waals surface area contributed by atoms with E-state index in [2.05, 4.69) is 15.5 Å². The summed E-state index contributed by atoms with van der Waals surface area (Å²) in [7, 11) is 1.54. The highest BCUT2D eigenvalue weighted by atomic mass is 19.1. The van der Waals surface area contributed by atoms with Crippen LogP contribution in [0.5, 0.6) is 0 Å². The molecule has 1 unspecified atom stereocenters. The minimum atomic E-state index is -0.356. The summed E-state index contributed by atoms with van der Waals surface area (Å²) in [5.74, 6) is 0.0814. The van der Waals surface area contributed by atoms with E-state index in [0.717, 1.165) is 0 Å². The lowest BCUT2D eigenvalue weighted by atomic mass is 10.1. The monoisotopic (exact) mass is 316 g/mol. The molecule has 1 aromatic carbocycles. The van der Waals surface area contributed by atoms with E-state index in [9.17, 15) is 9.18 Å². The highest BCUT2D eigenvalue weighted by Gasteiger charge is 2.25. The Morgan fingerprint density at radius 2 is 2.13 bits per heavy atom. The molecule has 6 nitrogen and oxygen atoms in total. The molecule has 0 bridgehead atoms. The lowest BCUT2D eigenvalue weighted by Gasteiger charge is -2.33. The van der Waals surface area contributed by atoms with Crippen molar-refractivity contribution in [1.29, 1.82) is 0 Å². The number of carbonyl (C=O) groups is 1. The van der Waals surface area contributed by atoms with Gasteiger partial charge in [-0.15, -0.1) is 10.2 Å². The third-order valence-electron chi connectivity index (χ3n) is 3.75. The molecule has 1 aliphatic rings. The van der Waals surface area contributed by atoms with Crippen LogP contribution in [0.25, 0.3) is 0 Å². The first kappa shape index (κ1) is 15.4. The van der Waals surface area contributed by atoms with Crippen molar-refractivity contribution < 1.29 is 13.9 Å². The molecular formula is C16H17FN4O2. The van der Waals surface area contributed by atoms with Crippen LogP contribution in [0.2, 0.25) is 0 Å². The first-order valence-electron chi connectivity index (χ1n) is 7.36. The van der Waals surface area contributed by atoms with Crippen molar-refractivity contribution in [2.75, 3.05) is 31.6 Å². The number of ether oxygens (including phenoxy) is 1. The number of nitrogens with zero attached hydrogens (tertiary/aromatic N) is 3. The van der Waals surface area contributed by atoms with Crippen molar-refractivity contribution in [1.82, 2.24) is 15.5 Å². The quantitative estimate of drug-likeness (QED) is 0.930. The molecule has 3 rings (SSSR count). The first-order chi connectivity index (χ1) is 11.2. The molecule has 1 aliphatic heterocycles. The summed E-state index contributed by atoms with van der Waals surface area (Å²) < 4.78 is 19.6. The van der Waals surface area contributed by atoms with Gasteiger partial charge in [-0.2, -0.15) is 0 Å². The zero-order valence-electron chi connectivity index (χ0n) is 12.7. The van der Waals surface area contributed by atoms with Crippen LogP contribution < -0.4 is 10.2 Å².